The summed E-state index contributed by atoms with van der Waals surface area (Å²) in [5.74, 6) is 0.294. The average Bonchev–Trinajstić information content (AvgIpc) is 2.70. The number of ether oxygens (including phenoxy) is 2. The molecule has 2 aromatic heterocycles. The number of nitrogens with one attached hydrogen (secondary N) is 1. The van der Waals surface area contributed by atoms with Crippen LogP contribution in [0.3, 0.4) is 0 Å². The lowest BCUT2D eigenvalue weighted by molar-refractivity contribution is -0.121. The minimum Gasteiger partial charge on any atom is -0.475 e. The number of carbonyl (C=O) groups excluding carboxylic acids is 1. The molecule has 3 rings (SSSR count). The van der Waals surface area contributed by atoms with E-state index in [-0.39, 0.29) is 17.9 Å². The van der Waals surface area contributed by atoms with E-state index in [0.29, 0.717) is 36.5 Å². The van der Waals surface area contributed by atoms with Crippen molar-refractivity contribution in [2.45, 2.75) is 13.1 Å². The van der Waals surface area contributed by atoms with Gasteiger partial charge in [-0.1, -0.05) is 18.2 Å². The van der Waals surface area contributed by atoms with E-state index in [1.165, 1.54) is 10.9 Å². The minimum absolute atomic E-state index is 0.0203. The predicted octanol–water partition coefficient (Wildman–Crippen LogP) is 1.13. The molecule has 140 valence electrons. The molecule has 1 aromatic carbocycles. The molecular weight excluding hydrogens is 348 g/mol. The molecule has 0 atom stereocenters. The van der Waals surface area contributed by atoms with E-state index >= 15 is 0 Å². The Morgan fingerprint density at radius 3 is 2.78 bits per heavy atom. The summed E-state index contributed by atoms with van der Waals surface area (Å²) in [6.07, 6.45) is 2.87. The quantitative estimate of drug-likeness (QED) is 0.599. The van der Waals surface area contributed by atoms with Crippen LogP contribution in [0, 0.1) is 0 Å². The molecule has 0 bridgehead atoms. The van der Waals surface area contributed by atoms with Gasteiger partial charge in [-0.05, 0) is 17.7 Å². The van der Waals surface area contributed by atoms with Gasteiger partial charge in [0, 0.05) is 31.3 Å². The molecule has 0 radical (unpaired) electrons. The van der Waals surface area contributed by atoms with Gasteiger partial charge in [0.15, 0.2) is 0 Å². The molecular formula is C19H20N4O4. The van der Waals surface area contributed by atoms with Crippen LogP contribution in [0.25, 0.3) is 10.9 Å². The zero-order chi connectivity index (χ0) is 19.1. The van der Waals surface area contributed by atoms with Gasteiger partial charge in [-0.25, -0.2) is 4.98 Å². The third-order valence-electron chi connectivity index (χ3n) is 3.88. The van der Waals surface area contributed by atoms with Crippen molar-refractivity contribution in [3.8, 4) is 5.88 Å². The van der Waals surface area contributed by atoms with Gasteiger partial charge in [0.1, 0.15) is 13.2 Å². The van der Waals surface area contributed by atoms with Crippen LogP contribution in [0.15, 0.2) is 53.6 Å². The highest BCUT2D eigenvalue weighted by atomic mass is 16.5. The highest BCUT2D eigenvalue weighted by Crippen LogP contribution is 2.09. The molecule has 1 amide bonds. The second-order valence-electron chi connectivity index (χ2n) is 5.81. The van der Waals surface area contributed by atoms with Gasteiger partial charge in [-0.15, -0.1) is 0 Å². The molecule has 0 unspecified atom stereocenters. The summed E-state index contributed by atoms with van der Waals surface area (Å²) in [7, 11) is 1.61. The second kappa shape index (κ2) is 8.91. The van der Waals surface area contributed by atoms with E-state index in [0.717, 1.165) is 5.56 Å². The Morgan fingerprint density at radius 1 is 1.15 bits per heavy atom. The van der Waals surface area contributed by atoms with Crippen molar-refractivity contribution >= 4 is 16.8 Å². The first-order valence-electron chi connectivity index (χ1n) is 8.45. The van der Waals surface area contributed by atoms with Crippen LogP contribution >= 0.6 is 0 Å². The van der Waals surface area contributed by atoms with Gasteiger partial charge in [0.05, 0.1) is 18.3 Å². The van der Waals surface area contributed by atoms with Crippen LogP contribution < -0.4 is 15.5 Å². The number of amides is 1. The maximum atomic E-state index is 12.2. The highest BCUT2D eigenvalue weighted by Gasteiger charge is 2.08. The summed E-state index contributed by atoms with van der Waals surface area (Å²) in [5.41, 5.74) is 1.31. The molecule has 0 saturated carbocycles. The average molecular weight is 368 g/mol. The number of carbonyl (C=O) groups is 1. The summed E-state index contributed by atoms with van der Waals surface area (Å²) in [6, 6.07) is 10.7. The van der Waals surface area contributed by atoms with Crippen LogP contribution in [0.4, 0.5) is 0 Å². The molecule has 3 aromatic rings. The predicted molar refractivity (Wildman–Crippen MR) is 99.5 cm³/mol. The van der Waals surface area contributed by atoms with Crippen LogP contribution in [0.5, 0.6) is 5.88 Å². The van der Waals surface area contributed by atoms with Crippen molar-refractivity contribution in [2.24, 2.45) is 0 Å². The van der Waals surface area contributed by atoms with E-state index in [9.17, 15) is 9.59 Å². The zero-order valence-corrected chi connectivity index (χ0v) is 14.9. The van der Waals surface area contributed by atoms with Crippen LogP contribution in [-0.2, 0) is 22.6 Å². The molecule has 1 N–H and O–H groups in total. The number of para-hydroxylation sites is 1. The van der Waals surface area contributed by atoms with E-state index in [1.807, 2.05) is 6.07 Å². The fourth-order valence-electron chi connectivity index (χ4n) is 2.51. The maximum Gasteiger partial charge on any atom is 0.242 e. The van der Waals surface area contributed by atoms with Gasteiger partial charge >= 0.3 is 0 Å². The van der Waals surface area contributed by atoms with Crippen molar-refractivity contribution in [2.75, 3.05) is 20.3 Å². The van der Waals surface area contributed by atoms with Gasteiger partial charge in [0.25, 0.3) is 0 Å². The standard InChI is InChI=1S/C19H20N4O4/c1-26-8-9-27-19-7-6-14(11-21-19)10-20-18(25)13-23-16-5-3-2-4-15(16)17(24)12-22-23/h2-7,11-12H,8-10,13H2,1H3,(H,20,25). The van der Waals surface area contributed by atoms with Crippen molar-refractivity contribution in [3.05, 3.63) is 64.6 Å². The van der Waals surface area contributed by atoms with E-state index in [1.54, 1.807) is 43.6 Å². The van der Waals surface area contributed by atoms with Crippen LogP contribution in [-0.4, -0.2) is 41.0 Å². The highest BCUT2D eigenvalue weighted by molar-refractivity contribution is 5.81. The Labute approximate surface area is 155 Å². The molecule has 0 aliphatic heterocycles. The van der Waals surface area contributed by atoms with Crippen molar-refractivity contribution in [1.82, 2.24) is 20.1 Å². The number of fused-ring (bicyclic) bond motifs is 1. The third kappa shape index (κ3) is 4.89. The Kier molecular flexibility index (Phi) is 6.11. The molecule has 8 heteroatoms. The molecule has 2 heterocycles. The first-order valence-corrected chi connectivity index (χ1v) is 8.45. The zero-order valence-electron chi connectivity index (χ0n) is 14.9. The van der Waals surface area contributed by atoms with Gasteiger partial charge in [-0.3, -0.25) is 14.3 Å². The topological polar surface area (TPSA) is 95.3 Å². The molecule has 0 aliphatic rings. The number of pyridine rings is 1. The van der Waals surface area contributed by atoms with Gasteiger partial charge in [-0.2, -0.15) is 5.10 Å². The van der Waals surface area contributed by atoms with E-state index in [2.05, 4.69) is 15.4 Å². The van der Waals surface area contributed by atoms with Crippen molar-refractivity contribution in [3.63, 3.8) is 0 Å². The molecule has 27 heavy (non-hydrogen) atoms. The van der Waals surface area contributed by atoms with E-state index in [4.69, 9.17) is 9.47 Å². The number of aromatic nitrogens is 3. The third-order valence-corrected chi connectivity index (χ3v) is 3.88. The normalized spacial score (nSPS) is 10.7. The molecule has 0 spiro atoms. The number of nitrogens with zero attached hydrogens (tertiary/aromatic N) is 3. The van der Waals surface area contributed by atoms with Gasteiger partial charge < -0.3 is 14.8 Å². The lowest BCUT2D eigenvalue weighted by Crippen LogP contribution is -2.28. The Hall–Kier alpha value is -3.26. The molecule has 0 aliphatic carbocycles. The largest absolute Gasteiger partial charge is 0.475 e. The van der Waals surface area contributed by atoms with Crippen LogP contribution in [0.2, 0.25) is 0 Å². The first kappa shape index (κ1) is 18.5. The fraction of sp³-hybridized carbons (Fsp3) is 0.263. The molecule has 8 nitrogen and oxygen atoms in total. The Morgan fingerprint density at radius 2 is 2.00 bits per heavy atom. The summed E-state index contributed by atoms with van der Waals surface area (Å²) in [4.78, 5) is 28.3. The summed E-state index contributed by atoms with van der Waals surface area (Å²) >= 11 is 0. The minimum atomic E-state index is -0.211. The Balaban J connectivity index is 1.57. The Bertz CT molecular complexity index is 969. The summed E-state index contributed by atoms with van der Waals surface area (Å²) in [5, 5.41) is 7.41. The van der Waals surface area contributed by atoms with E-state index < -0.39 is 0 Å². The first-order chi connectivity index (χ1) is 13.2. The monoisotopic (exact) mass is 368 g/mol. The SMILES string of the molecule is COCCOc1ccc(CNC(=O)Cn2ncc(=O)c3ccccc32)cn1. The smallest absolute Gasteiger partial charge is 0.242 e. The summed E-state index contributed by atoms with van der Waals surface area (Å²) < 4.78 is 11.8. The molecule has 0 fully saturated rings. The fourth-order valence-corrected chi connectivity index (χ4v) is 2.51. The number of benzene rings is 1. The lowest BCUT2D eigenvalue weighted by atomic mass is 10.2. The van der Waals surface area contributed by atoms with Crippen molar-refractivity contribution < 1.29 is 14.3 Å². The molecule has 0 saturated heterocycles. The second-order valence-corrected chi connectivity index (χ2v) is 5.81. The van der Waals surface area contributed by atoms with Gasteiger partial charge in [0.2, 0.25) is 17.2 Å². The number of hydrogen-bond donors (Lipinski definition) is 1. The number of rotatable bonds is 8. The number of hydrogen-bond acceptors (Lipinski definition) is 6. The van der Waals surface area contributed by atoms with Crippen LogP contribution in [0.1, 0.15) is 5.56 Å². The lowest BCUT2D eigenvalue weighted by Gasteiger charge is -2.10. The maximum absolute atomic E-state index is 12.2. The van der Waals surface area contributed by atoms with Crippen molar-refractivity contribution in [1.29, 1.82) is 0 Å². The summed E-state index contributed by atoms with van der Waals surface area (Å²) in [6.45, 7) is 1.28. The number of methoxy groups -OCH3 is 1.